The molecule has 6 heteroatoms. The Morgan fingerprint density at radius 1 is 1.36 bits per heavy atom. The molecule has 0 heterocycles. The van der Waals surface area contributed by atoms with Crippen molar-refractivity contribution in [1.82, 2.24) is 0 Å². The summed E-state index contributed by atoms with van der Waals surface area (Å²) in [5, 5.41) is 8.73. The summed E-state index contributed by atoms with van der Waals surface area (Å²) in [7, 11) is 0. The molecule has 1 aromatic carbocycles. The molecule has 0 fully saturated rings. The molecule has 0 saturated carbocycles. The Morgan fingerprint density at radius 2 is 2.00 bits per heavy atom. The van der Waals surface area contributed by atoms with Crippen LogP contribution in [-0.2, 0) is 6.61 Å². The average Bonchev–Trinajstić information content (AvgIpc) is 2.01. The third kappa shape index (κ3) is 3.12. The first-order valence-electron chi connectivity index (χ1n) is 3.61. The number of aliphatic hydroxyl groups excluding tert-OH is 1. The van der Waals surface area contributed by atoms with Crippen molar-refractivity contribution in [3.05, 3.63) is 23.8 Å². The molecular weight excluding hydrogens is 217 g/mol. The second-order valence-corrected chi connectivity index (χ2v) is 3.01. The molecule has 14 heavy (non-hydrogen) atoms. The molecule has 1 aromatic rings. The number of thiol groups is 1. The summed E-state index contributed by atoms with van der Waals surface area (Å²) in [4.78, 5) is 0.335. The molecule has 0 atom stereocenters. The topological polar surface area (TPSA) is 29.5 Å². The van der Waals surface area contributed by atoms with Crippen molar-refractivity contribution in [3.63, 3.8) is 0 Å². The van der Waals surface area contributed by atoms with Crippen LogP contribution in [0.2, 0.25) is 0 Å². The minimum Gasteiger partial charge on any atom is -0.405 e. The molecule has 1 N–H and O–H groups in total. The predicted molar refractivity (Wildman–Crippen MR) is 46.3 cm³/mol. The van der Waals surface area contributed by atoms with Gasteiger partial charge in [0.05, 0.1) is 6.61 Å². The van der Waals surface area contributed by atoms with Gasteiger partial charge in [-0.2, -0.15) is 0 Å². The van der Waals surface area contributed by atoms with Crippen LogP contribution in [0.4, 0.5) is 13.2 Å². The van der Waals surface area contributed by atoms with Crippen LogP contribution < -0.4 is 4.74 Å². The Labute approximate surface area is 83.7 Å². The van der Waals surface area contributed by atoms with Gasteiger partial charge in [-0.15, -0.1) is 25.8 Å². The van der Waals surface area contributed by atoms with E-state index in [0.29, 0.717) is 4.90 Å². The first kappa shape index (κ1) is 11.2. The van der Waals surface area contributed by atoms with Gasteiger partial charge in [-0.05, 0) is 12.1 Å². The van der Waals surface area contributed by atoms with E-state index in [1.807, 2.05) is 0 Å². The zero-order valence-electron chi connectivity index (χ0n) is 6.88. The van der Waals surface area contributed by atoms with Crippen LogP contribution in [0.15, 0.2) is 23.1 Å². The van der Waals surface area contributed by atoms with E-state index in [1.165, 1.54) is 12.1 Å². The van der Waals surface area contributed by atoms with E-state index >= 15 is 0 Å². The van der Waals surface area contributed by atoms with Gasteiger partial charge in [0.25, 0.3) is 0 Å². The zero-order chi connectivity index (χ0) is 10.8. The summed E-state index contributed by atoms with van der Waals surface area (Å²) in [6.07, 6.45) is -4.76. The summed E-state index contributed by atoms with van der Waals surface area (Å²) in [5.41, 5.74) is 0.0696. The molecular formula is C8H7F3O2S. The van der Waals surface area contributed by atoms with Crippen LogP contribution in [0.1, 0.15) is 5.56 Å². The fourth-order valence-corrected chi connectivity index (χ4v) is 1.09. The van der Waals surface area contributed by atoms with E-state index in [4.69, 9.17) is 5.11 Å². The Balaban J connectivity index is 2.99. The fraction of sp³-hybridized carbons (Fsp3) is 0.250. The molecule has 0 aliphatic carbocycles. The van der Waals surface area contributed by atoms with Crippen LogP contribution in [-0.4, -0.2) is 11.5 Å². The molecule has 0 bridgehead atoms. The number of aliphatic hydroxyl groups is 1. The Hall–Kier alpha value is -0.880. The highest BCUT2D eigenvalue weighted by molar-refractivity contribution is 7.80. The number of ether oxygens (including phenoxy) is 1. The largest absolute Gasteiger partial charge is 0.573 e. The van der Waals surface area contributed by atoms with Gasteiger partial charge < -0.3 is 9.84 Å². The lowest BCUT2D eigenvalue weighted by Crippen LogP contribution is -2.18. The standard InChI is InChI=1S/C8H7F3O2S/c9-8(10,11)13-7-3-6(14)2-1-5(7)4-12/h1-3,12,14H,4H2. The van der Waals surface area contributed by atoms with Gasteiger partial charge in [0.1, 0.15) is 5.75 Å². The number of hydrogen-bond donors (Lipinski definition) is 2. The summed E-state index contributed by atoms with van der Waals surface area (Å²) in [5.74, 6) is -0.424. The van der Waals surface area contributed by atoms with Crippen LogP contribution in [0.25, 0.3) is 0 Å². The van der Waals surface area contributed by atoms with Crippen LogP contribution in [0.3, 0.4) is 0 Å². The van der Waals surface area contributed by atoms with E-state index in [2.05, 4.69) is 17.4 Å². The van der Waals surface area contributed by atoms with Gasteiger partial charge in [-0.25, -0.2) is 0 Å². The molecule has 78 valence electrons. The fourth-order valence-electron chi connectivity index (χ4n) is 0.894. The number of alkyl halides is 3. The van der Waals surface area contributed by atoms with E-state index in [-0.39, 0.29) is 5.56 Å². The predicted octanol–water partition coefficient (Wildman–Crippen LogP) is 2.37. The van der Waals surface area contributed by atoms with E-state index in [9.17, 15) is 13.2 Å². The molecule has 0 spiro atoms. The quantitative estimate of drug-likeness (QED) is 0.755. The highest BCUT2D eigenvalue weighted by Crippen LogP contribution is 2.28. The highest BCUT2D eigenvalue weighted by Gasteiger charge is 2.32. The van der Waals surface area contributed by atoms with Gasteiger partial charge in [0.15, 0.2) is 0 Å². The van der Waals surface area contributed by atoms with Gasteiger partial charge in [-0.1, -0.05) is 6.07 Å². The maximum atomic E-state index is 11.9. The highest BCUT2D eigenvalue weighted by atomic mass is 32.1. The molecule has 0 aliphatic rings. The second kappa shape index (κ2) is 4.10. The van der Waals surface area contributed by atoms with Gasteiger partial charge in [-0.3, -0.25) is 0 Å². The SMILES string of the molecule is OCc1ccc(S)cc1OC(F)(F)F. The van der Waals surface area contributed by atoms with Crippen molar-refractivity contribution in [1.29, 1.82) is 0 Å². The van der Waals surface area contributed by atoms with Crippen molar-refractivity contribution in [2.45, 2.75) is 17.9 Å². The summed E-state index contributed by atoms with van der Waals surface area (Å²) < 4.78 is 39.3. The molecule has 1 rings (SSSR count). The summed E-state index contributed by atoms with van der Waals surface area (Å²) in [6, 6.07) is 3.89. The molecule has 0 radical (unpaired) electrons. The third-order valence-corrected chi connectivity index (χ3v) is 1.72. The van der Waals surface area contributed by atoms with Crippen molar-refractivity contribution in [2.75, 3.05) is 0 Å². The lowest BCUT2D eigenvalue weighted by Gasteiger charge is -2.12. The molecule has 0 aliphatic heterocycles. The van der Waals surface area contributed by atoms with Crippen LogP contribution in [0, 0.1) is 0 Å². The van der Waals surface area contributed by atoms with Crippen molar-refractivity contribution >= 4 is 12.6 Å². The first-order valence-corrected chi connectivity index (χ1v) is 4.05. The Bertz CT molecular complexity index is 325. The first-order chi connectivity index (χ1) is 6.42. The minimum absolute atomic E-state index is 0.0696. The minimum atomic E-state index is -4.76. The molecule has 0 unspecified atom stereocenters. The van der Waals surface area contributed by atoms with Crippen LogP contribution >= 0.6 is 12.6 Å². The number of rotatable bonds is 2. The van der Waals surface area contributed by atoms with E-state index < -0.39 is 18.7 Å². The van der Waals surface area contributed by atoms with Gasteiger partial charge in [0.2, 0.25) is 0 Å². The lowest BCUT2D eigenvalue weighted by atomic mass is 10.2. The Morgan fingerprint density at radius 3 is 2.50 bits per heavy atom. The number of benzene rings is 1. The maximum Gasteiger partial charge on any atom is 0.573 e. The summed E-state index contributed by atoms with van der Waals surface area (Å²) >= 11 is 3.86. The van der Waals surface area contributed by atoms with E-state index in [0.717, 1.165) is 6.07 Å². The molecule has 2 nitrogen and oxygen atoms in total. The molecule has 0 amide bonds. The zero-order valence-corrected chi connectivity index (χ0v) is 7.77. The van der Waals surface area contributed by atoms with Gasteiger partial charge >= 0.3 is 6.36 Å². The monoisotopic (exact) mass is 224 g/mol. The smallest absolute Gasteiger partial charge is 0.405 e. The van der Waals surface area contributed by atoms with Gasteiger partial charge in [0, 0.05) is 10.5 Å². The normalized spacial score (nSPS) is 11.5. The average molecular weight is 224 g/mol. The molecule has 0 aromatic heterocycles. The van der Waals surface area contributed by atoms with Crippen molar-refractivity contribution < 1.29 is 23.0 Å². The van der Waals surface area contributed by atoms with Crippen LogP contribution in [0.5, 0.6) is 5.75 Å². The maximum absolute atomic E-state index is 11.9. The second-order valence-electron chi connectivity index (χ2n) is 2.50. The van der Waals surface area contributed by atoms with Crippen molar-refractivity contribution in [3.8, 4) is 5.75 Å². The third-order valence-electron chi connectivity index (χ3n) is 1.45. The summed E-state index contributed by atoms with van der Waals surface area (Å²) in [6.45, 7) is -0.514. The molecule has 0 saturated heterocycles. The van der Waals surface area contributed by atoms with Crippen molar-refractivity contribution in [2.24, 2.45) is 0 Å². The lowest BCUT2D eigenvalue weighted by molar-refractivity contribution is -0.275. The number of hydrogen-bond acceptors (Lipinski definition) is 3. The Kier molecular flexibility index (Phi) is 3.28. The number of halogens is 3. The van der Waals surface area contributed by atoms with E-state index in [1.54, 1.807) is 0 Å².